The van der Waals surface area contributed by atoms with Gasteiger partial charge in [0.15, 0.2) is 0 Å². The number of aliphatic hydroxyl groups excluding tert-OH is 2. The summed E-state index contributed by atoms with van der Waals surface area (Å²) in [5.74, 6) is 0. The summed E-state index contributed by atoms with van der Waals surface area (Å²) in [5, 5.41) is 19.6. The molecule has 0 aromatic heterocycles. The fourth-order valence-corrected chi connectivity index (χ4v) is 2.76. The van der Waals surface area contributed by atoms with Crippen LogP contribution >= 0.6 is 0 Å². The summed E-state index contributed by atoms with van der Waals surface area (Å²) in [7, 11) is 0. The van der Waals surface area contributed by atoms with E-state index < -0.39 is 0 Å². The number of β-amino-alcohol motifs (C(OH)–C–C–N with tert-alkyl or cyclic N) is 1. The second-order valence-corrected chi connectivity index (χ2v) is 5.50. The van der Waals surface area contributed by atoms with Gasteiger partial charge in [0.25, 0.3) is 0 Å². The van der Waals surface area contributed by atoms with Crippen LogP contribution in [-0.4, -0.2) is 46.5 Å². The van der Waals surface area contributed by atoms with Crippen LogP contribution in [0.2, 0.25) is 0 Å². The molecular weight excluding hydrogens is 178 g/mol. The smallest absolute Gasteiger partial charge is 0.0730 e. The number of aliphatic hydroxyl groups is 2. The first-order valence-corrected chi connectivity index (χ1v) is 5.61. The highest BCUT2D eigenvalue weighted by atomic mass is 16.3. The molecule has 2 N–H and O–H groups in total. The van der Waals surface area contributed by atoms with Gasteiger partial charge in [-0.3, -0.25) is 4.90 Å². The SMILES string of the molecule is CC1(C)CN(C2CCCC2O)CC1O. The van der Waals surface area contributed by atoms with E-state index in [1.54, 1.807) is 0 Å². The second kappa shape index (κ2) is 3.47. The first-order chi connectivity index (χ1) is 6.50. The van der Waals surface area contributed by atoms with Crippen LogP contribution in [0.25, 0.3) is 0 Å². The minimum Gasteiger partial charge on any atom is -0.391 e. The minimum atomic E-state index is -0.240. The number of nitrogens with zero attached hydrogens (tertiary/aromatic N) is 1. The lowest BCUT2D eigenvalue weighted by atomic mass is 9.90. The predicted molar refractivity (Wildman–Crippen MR) is 55.0 cm³/mol. The zero-order valence-corrected chi connectivity index (χ0v) is 9.11. The summed E-state index contributed by atoms with van der Waals surface area (Å²) >= 11 is 0. The Morgan fingerprint density at radius 3 is 2.36 bits per heavy atom. The summed E-state index contributed by atoms with van der Waals surface area (Å²) in [5.41, 5.74) is -0.0116. The molecule has 14 heavy (non-hydrogen) atoms. The summed E-state index contributed by atoms with van der Waals surface area (Å²) in [6, 6.07) is 0.298. The van der Waals surface area contributed by atoms with Gasteiger partial charge in [-0.1, -0.05) is 13.8 Å². The third kappa shape index (κ3) is 1.69. The van der Waals surface area contributed by atoms with E-state index >= 15 is 0 Å². The molecule has 1 heterocycles. The van der Waals surface area contributed by atoms with E-state index in [4.69, 9.17) is 0 Å². The lowest BCUT2D eigenvalue weighted by Crippen LogP contribution is -2.39. The molecule has 0 amide bonds. The zero-order chi connectivity index (χ0) is 10.3. The highest BCUT2D eigenvalue weighted by Crippen LogP contribution is 2.34. The van der Waals surface area contributed by atoms with E-state index in [0.29, 0.717) is 6.04 Å². The highest BCUT2D eigenvalue weighted by Gasteiger charge is 2.43. The van der Waals surface area contributed by atoms with Crippen LogP contribution < -0.4 is 0 Å². The molecule has 2 fully saturated rings. The Morgan fingerprint density at radius 1 is 1.21 bits per heavy atom. The largest absolute Gasteiger partial charge is 0.391 e. The molecule has 2 rings (SSSR count). The van der Waals surface area contributed by atoms with Crippen LogP contribution in [0.5, 0.6) is 0 Å². The molecule has 1 aliphatic carbocycles. The standard InChI is InChI=1S/C11H21NO2/c1-11(2)7-12(6-10(11)14)8-4-3-5-9(8)13/h8-10,13-14H,3-7H2,1-2H3. The van der Waals surface area contributed by atoms with Gasteiger partial charge in [0.2, 0.25) is 0 Å². The van der Waals surface area contributed by atoms with E-state index in [9.17, 15) is 10.2 Å². The van der Waals surface area contributed by atoms with Gasteiger partial charge in [-0.15, -0.1) is 0 Å². The Hall–Kier alpha value is -0.120. The Balaban J connectivity index is 2.01. The van der Waals surface area contributed by atoms with Gasteiger partial charge in [0.1, 0.15) is 0 Å². The van der Waals surface area contributed by atoms with Crippen molar-refractivity contribution in [2.75, 3.05) is 13.1 Å². The molecule has 0 radical (unpaired) electrons. The number of likely N-dealkylation sites (tertiary alicyclic amines) is 1. The molecular formula is C11H21NO2. The summed E-state index contributed by atoms with van der Waals surface area (Å²) in [4.78, 5) is 2.27. The predicted octanol–water partition coefficient (Wildman–Crippen LogP) is 0.602. The Kier molecular flexibility index (Phi) is 2.58. The highest BCUT2D eigenvalue weighted by molar-refractivity contribution is 4.96. The zero-order valence-electron chi connectivity index (χ0n) is 9.11. The average Bonchev–Trinajstić information content (AvgIpc) is 2.58. The molecule has 0 spiro atoms. The van der Waals surface area contributed by atoms with Crippen LogP contribution in [0.3, 0.4) is 0 Å². The monoisotopic (exact) mass is 199 g/mol. The van der Waals surface area contributed by atoms with Crippen LogP contribution in [0.1, 0.15) is 33.1 Å². The van der Waals surface area contributed by atoms with Gasteiger partial charge in [0, 0.05) is 24.5 Å². The van der Waals surface area contributed by atoms with E-state index in [2.05, 4.69) is 18.7 Å². The van der Waals surface area contributed by atoms with Crippen molar-refractivity contribution >= 4 is 0 Å². The van der Waals surface area contributed by atoms with Gasteiger partial charge in [-0.25, -0.2) is 0 Å². The quantitative estimate of drug-likeness (QED) is 0.650. The van der Waals surface area contributed by atoms with Crippen molar-refractivity contribution in [1.82, 2.24) is 4.90 Å². The van der Waals surface area contributed by atoms with Crippen LogP contribution in [0, 0.1) is 5.41 Å². The minimum absolute atomic E-state index is 0.0116. The van der Waals surface area contributed by atoms with Crippen molar-refractivity contribution in [1.29, 1.82) is 0 Å². The van der Waals surface area contributed by atoms with Crippen molar-refractivity contribution in [3.05, 3.63) is 0 Å². The first kappa shape index (κ1) is 10.4. The first-order valence-electron chi connectivity index (χ1n) is 5.61. The molecule has 1 aliphatic heterocycles. The van der Waals surface area contributed by atoms with E-state index in [-0.39, 0.29) is 17.6 Å². The summed E-state index contributed by atoms with van der Waals surface area (Å²) < 4.78 is 0. The average molecular weight is 199 g/mol. The van der Waals surface area contributed by atoms with Crippen molar-refractivity contribution in [3.63, 3.8) is 0 Å². The fraction of sp³-hybridized carbons (Fsp3) is 1.00. The molecule has 82 valence electrons. The van der Waals surface area contributed by atoms with E-state index in [1.807, 2.05) is 0 Å². The normalized spacial score (nSPS) is 43.3. The number of hydrogen-bond acceptors (Lipinski definition) is 3. The lowest BCUT2D eigenvalue weighted by Gasteiger charge is -2.27. The fourth-order valence-electron chi connectivity index (χ4n) is 2.76. The topological polar surface area (TPSA) is 43.7 Å². The number of rotatable bonds is 1. The van der Waals surface area contributed by atoms with Crippen LogP contribution in [0.4, 0.5) is 0 Å². The Labute approximate surface area is 85.7 Å². The maximum atomic E-state index is 9.85. The molecule has 0 aromatic rings. The van der Waals surface area contributed by atoms with Gasteiger partial charge in [-0.2, -0.15) is 0 Å². The molecule has 3 heteroatoms. The molecule has 1 saturated carbocycles. The maximum absolute atomic E-state index is 9.85. The molecule has 3 unspecified atom stereocenters. The van der Waals surface area contributed by atoms with Gasteiger partial charge in [0.05, 0.1) is 12.2 Å². The second-order valence-electron chi connectivity index (χ2n) is 5.50. The van der Waals surface area contributed by atoms with E-state index in [1.165, 1.54) is 0 Å². The number of hydrogen-bond donors (Lipinski definition) is 2. The van der Waals surface area contributed by atoms with Crippen molar-refractivity contribution in [2.24, 2.45) is 5.41 Å². The Bertz CT molecular complexity index is 217. The van der Waals surface area contributed by atoms with Gasteiger partial charge >= 0.3 is 0 Å². The summed E-state index contributed by atoms with van der Waals surface area (Å²) in [6.07, 6.45) is 2.73. The maximum Gasteiger partial charge on any atom is 0.0730 e. The Morgan fingerprint density at radius 2 is 1.93 bits per heavy atom. The van der Waals surface area contributed by atoms with Gasteiger partial charge < -0.3 is 10.2 Å². The summed E-state index contributed by atoms with van der Waals surface area (Å²) in [6.45, 7) is 5.84. The molecule has 0 aromatic carbocycles. The molecule has 3 atom stereocenters. The van der Waals surface area contributed by atoms with Crippen molar-refractivity contribution < 1.29 is 10.2 Å². The molecule has 3 nitrogen and oxygen atoms in total. The molecule has 0 bridgehead atoms. The third-order valence-corrected chi connectivity index (χ3v) is 3.83. The van der Waals surface area contributed by atoms with Crippen molar-refractivity contribution in [2.45, 2.75) is 51.4 Å². The van der Waals surface area contributed by atoms with E-state index in [0.717, 1.165) is 32.4 Å². The lowest BCUT2D eigenvalue weighted by molar-refractivity contribution is 0.0745. The molecule has 1 saturated heterocycles. The van der Waals surface area contributed by atoms with Crippen LogP contribution in [-0.2, 0) is 0 Å². The van der Waals surface area contributed by atoms with Crippen molar-refractivity contribution in [3.8, 4) is 0 Å². The third-order valence-electron chi connectivity index (χ3n) is 3.83. The van der Waals surface area contributed by atoms with Crippen LogP contribution in [0.15, 0.2) is 0 Å². The van der Waals surface area contributed by atoms with Gasteiger partial charge in [-0.05, 0) is 19.3 Å². The molecule has 2 aliphatic rings.